The zero-order valence-electron chi connectivity index (χ0n) is 31.4. The maximum Gasteiger partial charge on any atom is 0.235 e. The highest BCUT2D eigenvalue weighted by Gasteiger charge is 2.21. The van der Waals surface area contributed by atoms with Crippen molar-refractivity contribution in [1.82, 2.24) is 19.1 Å². The van der Waals surface area contributed by atoms with E-state index >= 15 is 0 Å². The van der Waals surface area contributed by atoms with Crippen LogP contribution in [0.4, 0.5) is 0 Å². The Labute approximate surface area is 334 Å². The van der Waals surface area contributed by atoms with Gasteiger partial charge in [-0.25, -0.2) is 9.97 Å². The standard InChI is InChI=1S/C54H34N4/c1-2-19-38(20-3-1)57-49-28-10-8-23-44(49)46-33-37(31-32-51(46)57)41-25-14-30-52-53(41)45-24-9-11-29-50(45)58(52)54-55-47(42-26-12-17-35-15-4-6-21-39(35)42)34-48(56-54)43-27-13-18-36-16-5-7-22-40(36)43/h1-34H. The number of aromatic nitrogens is 4. The van der Waals surface area contributed by atoms with Crippen LogP contribution in [0.1, 0.15) is 0 Å². The Bertz CT molecular complexity index is 3470. The Kier molecular flexibility index (Phi) is 7.20. The van der Waals surface area contributed by atoms with Crippen LogP contribution in [0.15, 0.2) is 206 Å². The van der Waals surface area contributed by atoms with E-state index in [1.54, 1.807) is 0 Å². The van der Waals surface area contributed by atoms with Crippen LogP contribution in [0.3, 0.4) is 0 Å². The molecule has 0 aliphatic carbocycles. The van der Waals surface area contributed by atoms with Gasteiger partial charge in [-0.15, -0.1) is 0 Å². The fraction of sp³-hybridized carbons (Fsp3) is 0. The van der Waals surface area contributed by atoms with Crippen molar-refractivity contribution < 1.29 is 0 Å². The van der Waals surface area contributed by atoms with Gasteiger partial charge in [0.25, 0.3) is 0 Å². The first-order valence-electron chi connectivity index (χ1n) is 19.8. The van der Waals surface area contributed by atoms with Crippen molar-refractivity contribution in [3.8, 4) is 45.3 Å². The number of benzene rings is 9. The van der Waals surface area contributed by atoms with E-state index in [9.17, 15) is 0 Å². The molecule has 58 heavy (non-hydrogen) atoms. The van der Waals surface area contributed by atoms with Gasteiger partial charge in [0.1, 0.15) is 0 Å². The highest BCUT2D eigenvalue weighted by Crippen LogP contribution is 2.42. The minimum Gasteiger partial charge on any atom is -0.309 e. The number of hydrogen-bond acceptors (Lipinski definition) is 2. The molecule has 3 aromatic heterocycles. The number of rotatable bonds is 5. The minimum atomic E-state index is 0.637. The van der Waals surface area contributed by atoms with E-state index in [2.05, 4.69) is 215 Å². The molecule has 0 saturated carbocycles. The average Bonchev–Trinajstić information content (AvgIpc) is 3.81. The van der Waals surface area contributed by atoms with Gasteiger partial charge in [0.2, 0.25) is 5.95 Å². The lowest BCUT2D eigenvalue weighted by Gasteiger charge is -2.14. The molecule has 12 rings (SSSR count). The number of fused-ring (bicyclic) bond motifs is 8. The van der Waals surface area contributed by atoms with Crippen LogP contribution in [0.2, 0.25) is 0 Å². The Morgan fingerprint density at radius 1 is 0.310 bits per heavy atom. The van der Waals surface area contributed by atoms with Gasteiger partial charge in [-0.2, -0.15) is 0 Å². The summed E-state index contributed by atoms with van der Waals surface area (Å²) >= 11 is 0. The lowest BCUT2D eigenvalue weighted by atomic mass is 9.98. The first kappa shape index (κ1) is 32.4. The Balaban J connectivity index is 1.13. The second-order valence-corrected chi connectivity index (χ2v) is 15.0. The maximum atomic E-state index is 5.46. The normalized spacial score (nSPS) is 11.8. The van der Waals surface area contributed by atoms with Crippen molar-refractivity contribution >= 4 is 65.2 Å². The van der Waals surface area contributed by atoms with Crippen LogP contribution in [-0.2, 0) is 0 Å². The zero-order chi connectivity index (χ0) is 38.2. The van der Waals surface area contributed by atoms with E-state index in [0.29, 0.717) is 5.95 Å². The number of hydrogen-bond donors (Lipinski definition) is 0. The van der Waals surface area contributed by atoms with Gasteiger partial charge in [-0.05, 0) is 81.2 Å². The number of para-hydroxylation sites is 3. The summed E-state index contributed by atoms with van der Waals surface area (Å²) in [4.78, 5) is 10.9. The lowest BCUT2D eigenvalue weighted by Crippen LogP contribution is -2.04. The predicted molar refractivity (Wildman–Crippen MR) is 242 cm³/mol. The van der Waals surface area contributed by atoms with E-state index in [1.807, 2.05) is 0 Å². The third kappa shape index (κ3) is 4.95. The van der Waals surface area contributed by atoms with Gasteiger partial charge in [0, 0.05) is 38.4 Å². The van der Waals surface area contributed by atoms with E-state index < -0.39 is 0 Å². The van der Waals surface area contributed by atoms with Crippen LogP contribution < -0.4 is 0 Å². The molecule has 0 bridgehead atoms. The summed E-state index contributed by atoms with van der Waals surface area (Å²) < 4.78 is 4.63. The van der Waals surface area contributed by atoms with Crippen molar-refractivity contribution in [1.29, 1.82) is 0 Å². The van der Waals surface area contributed by atoms with Gasteiger partial charge >= 0.3 is 0 Å². The number of nitrogens with zero attached hydrogens (tertiary/aromatic N) is 4. The van der Waals surface area contributed by atoms with Gasteiger partial charge in [-0.3, -0.25) is 4.57 Å². The highest BCUT2D eigenvalue weighted by molar-refractivity contribution is 6.17. The molecule has 0 unspecified atom stereocenters. The van der Waals surface area contributed by atoms with Crippen molar-refractivity contribution in [3.05, 3.63) is 206 Å². The Morgan fingerprint density at radius 3 is 1.50 bits per heavy atom. The van der Waals surface area contributed by atoms with Crippen LogP contribution in [0, 0.1) is 0 Å². The molecule has 3 heterocycles. The fourth-order valence-electron chi connectivity index (χ4n) is 9.18. The van der Waals surface area contributed by atoms with Gasteiger partial charge < -0.3 is 4.57 Å². The summed E-state index contributed by atoms with van der Waals surface area (Å²) in [6.45, 7) is 0. The molecule has 0 N–H and O–H groups in total. The van der Waals surface area contributed by atoms with Crippen LogP contribution >= 0.6 is 0 Å². The summed E-state index contributed by atoms with van der Waals surface area (Å²) in [7, 11) is 0. The molecular formula is C54H34N4. The molecule has 0 aliphatic heterocycles. The van der Waals surface area contributed by atoms with E-state index in [-0.39, 0.29) is 0 Å². The smallest absolute Gasteiger partial charge is 0.235 e. The summed E-state index contributed by atoms with van der Waals surface area (Å²) in [5, 5.41) is 9.47. The monoisotopic (exact) mass is 738 g/mol. The summed E-state index contributed by atoms with van der Waals surface area (Å²) in [6.07, 6.45) is 0. The fourth-order valence-corrected chi connectivity index (χ4v) is 9.18. The molecule has 4 nitrogen and oxygen atoms in total. The van der Waals surface area contributed by atoms with Crippen molar-refractivity contribution in [3.63, 3.8) is 0 Å². The third-order valence-corrected chi connectivity index (χ3v) is 11.7. The topological polar surface area (TPSA) is 35.6 Å². The zero-order valence-corrected chi connectivity index (χ0v) is 31.4. The Morgan fingerprint density at radius 2 is 0.810 bits per heavy atom. The maximum absolute atomic E-state index is 5.46. The summed E-state index contributed by atoms with van der Waals surface area (Å²) in [5.41, 5.74) is 11.9. The molecule has 9 aromatic carbocycles. The van der Waals surface area contributed by atoms with Gasteiger partial charge in [-0.1, -0.05) is 158 Å². The minimum absolute atomic E-state index is 0.637. The van der Waals surface area contributed by atoms with E-state index in [0.717, 1.165) is 55.4 Å². The summed E-state index contributed by atoms with van der Waals surface area (Å²) in [6, 6.07) is 73.8. The SMILES string of the molecule is c1ccc(-n2c3ccccc3c3cc(-c4cccc5c4c4ccccc4n5-c4nc(-c5cccc6ccccc56)cc(-c5cccc6ccccc56)n4)ccc32)cc1. The molecule has 0 amide bonds. The van der Waals surface area contributed by atoms with Gasteiger partial charge in [0.05, 0.1) is 33.5 Å². The van der Waals surface area contributed by atoms with Crippen LogP contribution in [0.5, 0.6) is 0 Å². The van der Waals surface area contributed by atoms with Crippen LogP contribution in [0.25, 0.3) is 110 Å². The largest absolute Gasteiger partial charge is 0.309 e. The molecular weight excluding hydrogens is 705 g/mol. The quantitative estimate of drug-likeness (QED) is 0.176. The molecule has 0 atom stereocenters. The molecule has 270 valence electrons. The molecule has 0 fully saturated rings. The second-order valence-electron chi connectivity index (χ2n) is 15.0. The second kappa shape index (κ2) is 12.9. The molecule has 12 aromatic rings. The van der Waals surface area contributed by atoms with E-state index in [4.69, 9.17) is 9.97 Å². The first-order valence-corrected chi connectivity index (χ1v) is 19.8. The van der Waals surface area contributed by atoms with Crippen LogP contribution in [-0.4, -0.2) is 19.1 Å². The summed E-state index contributed by atoms with van der Waals surface area (Å²) in [5.74, 6) is 0.637. The molecule has 0 spiro atoms. The molecule has 0 radical (unpaired) electrons. The Hall–Kier alpha value is -7.82. The van der Waals surface area contributed by atoms with E-state index in [1.165, 1.54) is 49.1 Å². The van der Waals surface area contributed by atoms with Gasteiger partial charge in [0.15, 0.2) is 0 Å². The first-order chi connectivity index (χ1) is 28.8. The lowest BCUT2D eigenvalue weighted by molar-refractivity contribution is 0.997. The van der Waals surface area contributed by atoms with Crippen molar-refractivity contribution in [2.45, 2.75) is 0 Å². The predicted octanol–water partition coefficient (Wildman–Crippen LogP) is 14.0. The molecule has 0 saturated heterocycles. The average molecular weight is 739 g/mol. The molecule has 4 heteroatoms. The molecule has 0 aliphatic rings. The van der Waals surface area contributed by atoms with Crippen molar-refractivity contribution in [2.24, 2.45) is 0 Å². The third-order valence-electron chi connectivity index (χ3n) is 11.7. The van der Waals surface area contributed by atoms with Crippen molar-refractivity contribution in [2.75, 3.05) is 0 Å². The highest BCUT2D eigenvalue weighted by atomic mass is 15.2.